The number of anilines is 3. The van der Waals surface area contributed by atoms with Crippen molar-refractivity contribution in [2.75, 3.05) is 36.3 Å². The fourth-order valence-corrected chi connectivity index (χ4v) is 4.23. The highest BCUT2D eigenvalue weighted by Gasteiger charge is 2.33. The number of halogens is 4. The molecule has 0 aliphatic carbocycles. The second-order valence-corrected chi connectivity index (χ2v) is 9.68. The summed E-state index contributed by atoms with van der Waals surface area (Å²) < 4.78 is 56.2. The van der Waals surface area contributed by atoms with E-state index in [-0.39, 0.29) is 16.0 Å². The molecule has 10 nitrogen and oxygen atoms in total. The van der Waals surface area contributed by atoms with Gasteiger partial charge in [-0.2, -0.15) is 13.2 Å². The van der Waals surface area contributed by atoms with Crippen LogP contribution in [0.2, 0.25) is 0 Å². The Hall–Kier alpha value is -4.69. The number of alkyl halides is 3. The third kappa shape index (κ3) is 8.42. The molecular weight excluding hydrogens is 635 g/mol. The van der Waals surface area contributed by atoms with Crippen molar-refractivity contribution in [2.45, 2.75) is 12.6 Å². The van der Waals surface area contributed by atoms with Crippen molar-refractivity contribution < 1.29 is 37.0 Å². The third-order valence-electron chi connectivity index (χ3n) is 5.75. The first-order valence-corrected chi connectivity index (χ1v) is 13.4. The fraction of sp³-hybridized carbons (Fsp3) is 0.172. The van der Waals surface area contributed by atoms with Gasteiger partial charge in [-0.25, -0.2) is 14.8 Å². The van der Waals surface area contributed by atoms with Gasteiger partial charge in [0.2, 0.25) is 11.8 Å². The molecular formula is C29H25BrF3N5O5. The third-order valence-corrected chi connectivity index (χ3v) is 6.44. The molecule has 1 heterocycles. The van der Waals surface area contributed by atoms with Gasteiger partial charge in [0.25, 0.3) is 0 Å². The van der Waals surface area contributed by atoms with E-state index in [2.05, 4.69) is 48.4 Å². The summed E-state index contributed by atoms with van der Waals surface area (Å²) in [5, 5.41) is 8.13. The number of aromatic nitrogens is 2. The maximum atomic E-state index is 13.2. The number of rotatable bonds is 11. The first-order valence-electron chi connectivity index (χ1n) is 12.6. The molecule has 0 aliphatic rings. The maximum absolute atomic E-state index is 13.2. The number of nitrogens with zero attached hydrogens (tertiary/aromatic N) is 2. The Morgan fingerprint density at radius 3 is 2.40 bits per heavy atom. The molecule has 3 amide bonds. The van der Waals surface area contributed by atoms with Crippen molar-refractivity contribution in [1.82, 2.24) is 9.97 Å². The zero-order valence-electron chi connectivity index (χ0n) is 22.6. The van der Waals surface area contributed by atoms with E-state index in [4.69, 9.17) is 14.2 Å². The number of hydrogen-bond donors (Lipinski definition) is 3. The molecule has 0 aliphatic heterocycles. The first kappa shape index (κ1) is 31.3. The molecule has 224 valence electrons. The fourth-order valence-electron chi connectivity index (χ4n) is 3.76. The average molecular weight is 660 g/mol. The number of ether oxygens (including phenoxy) is 3. The summed E-state index contributed by atoms with van der Waals surface area (Å²) in [5.74, 6) is 0.521. The van der Waals surface area contributed by atoms with Crippen LogP contribution in [0.1, 0.15) is 12.0 Å². The molecule has 0 atom stereocenters. The monoisotopic (exact) mass is 659 g/mol. The molecule has 4 aromatic rings. The van der Waals surface area contributed by atoms with Gasteiger partial charge in [-0.3, -0.25) is 4.79 Å². The highest BCUT2D eigenvalue weighted by molar-refractivity contribution is 9.10. The van der Waals surface area contributed by atoms with Crippen LogP contribution in [0.5, 0.6) is 17.4 Å². The van der Waals surface area contributed by atoms with Crippen molar-refractivity contribution in [3.8, 4) is 17.4 Å². The Morgan fingerprint density at radius 2 is 1.70 bits per heavy atom. The van der Waals surface area contributed by atoms with Crippen LogP contribution in [0.15, 0.2) is 78.1 Å². The van der Waals surface area contributed by atoms with Gasteiger partial charge in [0.1, 0.15) is 17.8 Å². The van der Waals surface area contributed by atoms with E-state index in [1.165, 1.54) is 18.5 Å². The van der Waals surface area contributed by atoms with E-state index in [0.717, 1.165) is 12.1 Å². The number of urea groups is 1. The van der Waals surface area contributed by atoms with Crippen LogP contribution in [0, 0.1) is 0 Å². The molecule has 1 aromatic heterocycles. The van der Waals surface area contributed by atoms with E-state index in [1.807, 2.05) is 0 Å². The molecule has 14 heteroatoms. The second kappa shape index (κ2) is 14.0. The van der Waals surface area contributed by atoms with Gasteiger partial charge in [-0.15, -0.1) is 0 Å². The Kier molecular flexibility index (Phi) is 10.2. The molecule has 0 radical (unpaired) electrons. The molecule has 43 heavy (non-hydrogen) atoms. The Morgan fingerprint density at radius 1 is 0.977 bits per heavy atom. The summed E-state index contributed by atoms with van der Waals surface area (Å²) in [5.41, 5.74) is 0.282. The van der Waals surface area contributed by atoms with Gasteiger partial charge < -0.3 is 30.2 Å². The molecule has 3 aromatic carbocycles. The topological polar surface area (TPSA) is 124 Å². The molecule has 3 N–H and O–H groups in total. The molecule has 0 saturated heterocycles. The van der Waals surface area contributed by atoms with Crippen LogP contribution in [-0.2, 0) is 15.7 Å². The predicted octanol–water partition coefficient (Wildman–Crippen LogP) is 7.39. The van der Waals surface area contributed by atoms with Crippen LogP contribution in [0.4, 0.5) is 35.0 Å². The van der Waals surface area contributed by atoms with Crippen molar-refractivity contribution in [3.63, 3.8) is 0 Å². The molecule has 0 saturated carbocycles. The SMILES string of the molecule is C=CC(=O)Nc1cc2c(Oc3ccc(NC(=O)Nc4ccc(Br)c(C(F)(F)F)c4)cc3)ncnc2cc1OCCCOC. The smallest absolute Gasteiger partial charge is 0.417 e. The lowest BCUT2D eigenvalue weighted by molar-refractivity contribution is -0.138. The maximum Gasteiger partial charge on any atom is 0.417 e. The number of hydrogen-bond acceptors (Lipinski definition) is 7. The zero-order valence-corrected chi connectivity index (χ0v) is 24.2. The summed E-state index contributed by atoms with van der Waals surface area (Å²) in [6.45, 7) is 4.34. The number of nitrogens with one attached hydrogen (secondary N) is 3. The van der Waals surface area contributed by atoms with Crippen LogP contribution in [0.3, 0.4) is 0 Å². The highest BCUT2D eigenvalue weighted by Crippen LogP contribution is 2.37. The minimum Gasteiger partial charge on any atom is -0.491 e. The number of fused-ring (bicyclic) bond motifs is 1. The van der Waals surface area contributed by atoms with Gasteiger partial charge in [-0.05, 0) is 54.6 Å². The highest BCUT2D eigenvalue weighted by atomic mass is 79.9. The van der Waals surface area contributed by atoms with Gasteiger partial charge >= 0.3 is 12.2 Å². The van der Waals surface area contributed by atoms with Gasteiger partial charge in [0.05, 0.1) is 28.8 Å². The van der Waals surface area contributed by atoms with Crippen molar-refractivity contribution in [1.29, 1.82) is 0 Å². The van der Waals surface area contributed by atoms with Crippen molar-refractivity contribution >= 4 is 55.8 Å². The summed E-state index contributed by atoms with van der Waals surface area (Å²) in [7, 11) is 1.59. The second-order valence-electron chi connectivity index (χ2n) is 8.83. The van der Waals surface area contributed by atoms with E-state index in [1.54, 1.807) is 43.5 Å². The molecule has 0 spiro atoms. The lowest BCUT2D eigenvalue weighted by Crippen LogP contribution is -2.19. The quantitative estimate of drug-likeness (QED) is 0.113. The summed E-state index contributed by atoms with van der Waals surface area (Å²) in [6.07, 6.45) is -1.50. The number of carbonyl (C=O) groups excluding carboxylic acids is 2. The standard InChI is InChI=1S/C29H25BrF3N5O5/c1-3-26(39)38-24-14-20-23(15-25(24)42-12-4-11-41-2)34-16-35-27(20)43-19-8-5-17(6-9-19)36-28(40)37-18-7-10-22(30)21(13-18)29(31,32)33/h3,5-10,13-16H,1,4,11-12H2,2H3,(H,38,39)(H2,36,37,40). The molecule has 0 unspecified atom stereocenters. The number of carbonyl (C=O) groups is 2. The lowest BCUT2D eigenvalue weighted by Gasteiger charge is -2.15. The molecule has 4 rings (SSSR count). The summed E-state index contributed by atoms with van der Waals surface area (Å²) >= 11 is 2.86. The lowest BCUT2D eigenvalue weighted by atomic mass is 10.2. The van der Waals surface area contributed by atoms with Gasteiger partial charge in [-0.1, -0.05) is 22.5 Å². The largest absolute Gasteiger partial charge is 0.491 e. The van der Waals surface area contributed by atoms with Gasteiger partial charge in [0, 0.05) is 42.1 Å². The number of benzene rings is 3. The zero-order chi connectivity index (χ0) is 31.0. The Balaban J connectivity index is 1.48. The van der Waals surface area contributed by atoms with Crippen LogP contribution in [-0.4, -0.2) is 42.2 Å². The minimum absolute atomic E-state index is 0.0317. The number of methoxy groups -OCH3 is 1. The molecule has 0 fully saturated rings. The van der Waals surface area contributed by atoms with Crippen molar-refractivity contribution in [2.24, 2.45) is 0 Å². The Labute approximate surface area is 252 Å². The van der Waals surface area contributed by atoms with Crippen molar-refractivity contribution in [3.05, 3.63) is 83.6 Å². The van der Waals surface area contributed by atoms with Crippen LogP contribution in [0.25, 0.3) is 10.9 Å². The number of amides is 3. The van der Waals surface area contributed by atoms with Crippen LogP contribution >= 0.6 is 15.9 Å². The minimum atomic E-state index is -4.58. The van der Waals surface area contributed by atoms with E-state index in [9.17, 15) is 22.8 Å². The van der Waals surface area contributed by atoms with Gasteiger partial charge in [0.15, 0.2) is 0 Å². The summed E-state index contributed by atoms with van der Waals surface area (Å²) in [6, 6.07) is 12.1. The average Bonchev–Trinajstić information content (AvgIpc) is 2.97. The summed E-state index contributed by atoms with van der Waals surface area (Å²) in [4.78, 5) is 32.9. The molecule has 0 bridgehead atoms. The van der Waals surface area contributed by atoms with E-state index >= 15 is 0 Å². The Bertz CT molecular complexity index is 1630. The van der Waals surface area contributed by atoms with E-state index in [0.29, 0.717) is 53.4 Å². The van der Waals surface area contributed by atoms with Crippen LogP contribution < -0.4 is 25.4 Å². The first-order chi connectivity index (χ1) is 20.6. The normalized spacial score (nSPS) is 11.1. The van der Waals surface area contributed by atoms with E-state index < -0.39 is 23.7 Å². The predicted molar refractivity (Wildman–Crippen MR) is 159 cm³/mol.